The van der Waals surface area contributed by atoms with Gasteiger partial charge in [0, 0.05) is 5.69 Å². The Morgan fingerprint density at radius 3 is 2.56 bits per heavy atom. The normalized spacial score (nSPS) is 10.5. The minimum Gasteiger partial charge on any atom is -0.459 e. The number of carbonyl (C=O) groups excluding carboxylic acids is 1. The first-order valence-corrected chi connectivity index (χ1v) is 5.65. The zero-order chi connectivity index (χ0) is 12.1. The molecule has 0 heterocycles. The molecule has 0 saturated carbocycles. The van der Waals surface area contributed by atoms with E-state index in [1.54, 1.807) is 12.1 Å². The molecule has 0 amide bonds. The number of carbonyl (C=O) groups is 1. The lowest BCUT2D eigenvalue weighted by Gasteiger charge is -2.15. The van der Waals surface area contributed by atoms with E-state index in [4.69, 9.17) is 10.5 Å². The smallest absolute Gasteiger partial charge is 0.340 e. The van der Waals surface area contributed by atoms with Crippen LogP contribution < -0.4 is 5.73 Å². The van der Waals surface area contributed by atoms with Gasteiger partial charge < -0.3 is 10.5 Å². The fourth-order valence-electron chi connectivity index (χ4n) is 1.52. The lowest BCUT2D eigenvalue weighted by Crippen LogP contribution is -2.17. The van der Waals surface area contributed by atoms with Gasteiger partial charge in [-0.15, -0.1) is 0 Å². The summed E-state index contributed by atoms with van der Waals surface area (Å²) in [4.78, 5) is 11.8. The molecular weight excluding hydrogens is 202 g/mol. The van der Waals surface area contributed by atoms with Crippen LogP contribution in [0.2, 0.25) is 0 Å². The number of benzene rings is 1. The fourth-order valence-corrected chi connectivity index (χ4v) is 1.52. The van der Waals surface area contributed by atoms with Crippen LogP contribution in [0, 0.1) is 6.92 Å². The second kappa shape index (κ2) is 5.54. The SMILES string of the molecule is CCC(CC)OC(=O)c1cc(C)ccc1N. The maximum absolute atomic E-state index is 11.8. The molecule has 3 nitrogen and oxygen atoms in total. The van der Waals surface area contributed by atoms with Gasteiger partial charge in [0.2, 0.25) is 0 Å². The van der Waals surface area contributed by atoms with Crippen molar-refractivity contribution < 1.29 is 9.53 Å². The van der Waals surface area contributed by atoms with E-state index in [-0.39, 0.29) is 12.1 Å². The number of anilines is 1. The van der Waals surface area contributed by atoms with Crippen LogP contribution >= 0.6 is 0 Å². The first-order chi connectivity index (χ1) is 7.58. The Kier molecular flexibility index (Phi) is 4.35. The van der Waals surface area contributed by atoms with Gasteiger partial charge in [-0.2, -0.15) is 0 Å². The molecule has 0 saturated heterocycles. The summed E-state index contributed by atoms with van der Waals surface area (Å²) in [5.74, 6) is -0.324. The molecule has 0 unspecified atom stereocenters. The first kappa shape index (κ1) is 12.6. The van der Waals surface area contributed by atoms with Gasteiger partial charge in [-0.3, -0.25) is 0 Å². The third-order valence-corrected chi connectivity index (χ3v) is 2.61. The van der Waals surface area contributed by atoms with E-state index in [2.05, 4.69) is 0 Å². The van der Waals surface area contributed by atoms with Crippen LogP contribution in [0.5, 0.6) is 0 Å². The number of ether oxygens (including phenoxy) is 1. The van der Waals surface area contributed by atoms with E-state index in [9.17, 15) is 4.79 Å². The predicted octanol–water partition coefficient (Wildman–Crippen LogP) is 2.92. The Morgan fingerprint density at radius 2 is 2.00 bits per heavy atom. The van der Waals surface area contributed by atoms with E-state index in [1.165, 1.54) is 0 Å². The van der Waals surface area contributed by atoms with Crippen LogP contribution in [0.25, 0.3) is 0 Å². The largest absolute Gasteiger partial charge is 0.459 e. The van der Waals surface area contributed by atoms with Crippen molar-refractivity contribution in [1.29, 1.82) is 0 Å². The molecule has 0 fully saturated rings. The van der Waals surface area contributed by atoms with Gasteiger partial charge in [0.15, 0.2) is 0 Å². The van der Waals surface area contributed by atoms with Crippen LogP contribution in [0.3, 0.4) is 0 Å². The second-order valence-corrected chi connectivity index (χ2v) is 3.93. The minimum atomic E-state index is -0.324. The van der Waals surface area contributed by atoms with Crippen molar-refractivity contribution in [3.8, 4) is 0 Å². The highest BCUT2D eigenvalue weighted by Gasteiger charge is 2.15. The third-order valence-electron chi connectivity index (χ3n) is 2.61. The average molecular weight is 221 g/mol. The monoisotopic (exact) mass is 221 g/mol. The molecule has 88 valence electrons. The Labute approximate surface area is 96.6 Å². The summed E-state index contributed by atoms with van der Waals surface area (Å²) in [6, 6.07) is 5.38. The van der Waals surface area contributed by atoms with Gasteiger partial charge >= 0.3 is 5.97 Å². The molecule has 0 radical (unpaired) electrons. The number of nitrogens with two attached hydrogens (primary N) is 1. The number of aryl methyl sites for hydroxylation is 1. The third kappa shape index (κ3) is 2.99. The molecule has 0 aromatic heterocycles. The van der Waals surface area contributed by atoms with Crippen molar-refractivity contribution in [2.24, 2.45) is 0 Å². The molecule has 1 aromatic rings. The highest BCUT2D eigenvalue weighted by atomic mass is 16.5. The Balaban J connectivity index is 2.83. The quantitative estimate of drug-likeness (QED) is 0.628. The molecule has 1 aromatic carbocycles. The maximum Gasteiger partial charge on any atom is 0.340 e. The second-order valence-electron chi connectivity index (χ2n) is 3.93. The van der Waals surface area contributed by atoms with Gasteiger partial charge in [0.25, 0.3) is 0 Å². The topological polar surface area (TPSA) is 52.3 Å². The number of rotatable bonds is 4. The van der Waals surface area contributed by atoms with Crippen LogP contribution in [0.4, 0.5) is 5.69 Å². The average Bonchev–Trinajstić information content (AvgIpc) is 2.28. The molecule has 0 atom stereocenters. The lowest BCUT2D eigenvalue weighted by atomic mass is 10.1. The summed E-state index contributed by atoms with van der Waals surface area (Å²) in [7, 11) is 0. The van der Waals surface area contributed by atoms with Crippen molar-refractivity contribution >= 4 is 11.7 Å². The summed E-state index contributed by atoms with van der Waals surface area (Å²) in [6.45, 7) is 5.93. The summed E-state index contributed by atoms with van der Waals surface area (Å²) in [5, 5.41) is 0. The van der Waals surface area contributed by atoms with Crippen molar-refractivity contribution in [2.75, 3.05) is 5.73 Å². The Morgan fingerprint density at radius 1 is 1.38 bits per heavy atom. The molecule has 0 aliphatic heterocycles. The number of nitrogen functional groups attached to an aromatic ring is 1. The van der Waals surface area contributed by atoms with Crippen LogP contribution in [-0.4, -0.2) is 12.1 Å². The van der Waals surface area contributed by atoms with Gasteiger partial charge in [0.1, 0.15) is 6.10 Å². The van der Waals surface area contributed by atoms with Crippen LogP contribution in [0.1, 0.15) is 42.6 Å². The van der Waals surface area contributed by atoms with Crippen LogP contribution in [-0.2, 0) is 4.74 Å². The number of esters is 1. The minimum absolute atomic E-state index is 0.0209. The molecule has 0 aliphatic carbocycles. The Bertz CT molecular complexity index is 370. The van der Waals surface area contributed by atoms with Gasteiger partial charge in [-0.1, -0.05) is 25.5 Å². The molecular formula is C13H19NO2. The molecule has 0 spiro atoms. The molecule has 2 N–H and O–H groups in total. The molecule has 0 aliphatic rings. The highest BCUT2D eigenvalue weighted by Crippen LogP contribution is 2.16. The van der Waals surface area contributed by atoms with Crippen molar-refractivity contribution in [1.82, 2.24) is 0 Å². The van der Waals surface area contributed by atoms with Crippen molar-refractivity contribution in [3.05, 3.63) is 29.3 Å². The number of hydrogen-bond donors (Lipinski definition) is 1. The molecule has 1 rings (SSSR count). The molecule has 0 bridgehead atoms. The Hall–Kier alpha value is -1.51. The summed E-state index contributed by atoms with van der Waals surface area (Å²) in [5.41, 5.74) is 7.69. The highest BCUT2D eigenvalue weighted by molar-refractivity contribution is 5.95. The summed E-state index contributed by atoms with van der Waals surface area (Å²) in [6.07, 6.45) is 1.63. The zero-order valence-electron chi connectivity index (χ0n) is 10.1. The van der Waals surface area contributed by atoms with Crippen molar-refractivity contribution in [3.63, 3.8) is 0 Å². The van der Waals surface area contributed by atoms with E-state index in [1.807, 2.05) is 26.8 Å². The predicted molar refractivity (Wildman–Crippen MR) is 65.4 cm³/mol. The maximum atomic E-state index is 11.8. The van der Waals surface area contributed by atoms with E-state index in [0.717, 1.165) is 18.4 Å². The summed E-state index contributed by atoms with van der Waals surface area (Å²) >= 11 is 0. The summed E-state index contributed by atoms with van der Waals surface area (Å²) < 4.78 is 5.35. The number of hydrogen-bond acceptors (Lipinski definition) is 3. The zero-order valence-corrected chi connectivity index (χ0v) is 10.1. The van der Waals surface area contributed by atoms with Crippen molar-refractivity contribution in [2.45, 2.75) is 39.7 Å². The van der Waals surface area contributed by atoms with Crippen LogP contribution in [0.15, 0.2) is 18.2 Å². The van der Waals surface area contributed by atoms with E-state index >= 15 is 0 Å². The van der Waals surface area contributed by atoms with Gasteiger partial charge in [0.05, 0.1) is 5.56 Å². The molecule has 16 heavy (non-hydrogen) atoms. The van der Waals surface area contributed by atoms with E-state index < -0.39 is 0 Å². The first-order valence-electron chi connectivity index (χ1n) is 5.65. The van der Waals surface area contributed by atoms with E-state index in [0.29, 0.717) is 11.3 Å². The molecule has 3 heteroatoms. The van der Waals surface area contributed by atoms with Gasteiger partial charge in [-0.05, 0) is 31.9 Å². The fraction of sp³-hybridized carbons (Fsp3) is 0.462. The van der Waals surface area contributed by atoms with Gasteiger partial charge in [-0.25, -0.2) is 4.79 Å². The lowest BCUT2D eigenvalue weighted by molar-refractivity contribution is 0.0285. The standard InChI is InChI=1S/C13H19NO2/c1-4-10(5-2)16-13(15)11-8-9(3)6-7-12(11)14/h6-8,10H,4-5,14H2,1-3H3.